The van der Waals surface area contributed by atoms with Crippen molar-refractivity contribution in [3.63, 3.8) is 0 Å². The van der Waals surface area contributed by atoms with Gasteiger partial charge >= 0.3 is 0 Å². The molecule has 160 valence electrons. The van der Waals surface area contributed by atoms with Gasteiger partial charge in [0.05, 0.1) is 10.6 Å². The summed E-state index contributed by atoms with van der Waals surface area (Å²) in [6.45, 7) is 3.15. The average molecular weight is 437 g/mol. The van der Waals surface area contributed by atoms with Crippen LogP contribution >= 0.6 is 11.6 Å². The number of hydrogen-bond donors (Lipinski definition) is 1. The number of furan rings is 1. The fourth-order valence-electron chi connectivity index (χ4n) is 3.73. The van der Waals surface area contributed by atoms with Crippen molar-refractivity contribution < 1.29 is 14.0 Å². The zero-order valence-corrected chi connectivity index (χ0v) is 18.2. The predicted octanol–water partition coefficient (Wildman–Crippen LogP) is 5.93. The van der Waals surface area contributed by atoms with Gasteiger partial charge in [-0.1, -0.05) is 37.1 Å². The Kier molecular flexibility index (Phi) is 6.42. The van der Waals surface area contributed by atoms with Crippen LogP contribution in [-0.4, -0.2) is 23.3 Å². The van der Waals surface area contributed by atoms with Crippen molar-refractivity contribution in [3.05, 3.63) is 76.5 Å². The van der Waals surface area contributed by atoms with E-state index < -0.39 is 0 Å². The van der Waals surface area contributed by atoms with E-state index in [1.165, 1.54) is 0 Å². The Morgan fingerprint density at radius 3 is 2.65 bits per heavy atom. The molecule has 0 unspecified atom stereocenters. The van der Waals surface area contributed by atoms with E-state index in [2.05, 4.69) is 12.2 Å². The Morgan fingerprint density at radius 1 is 1.13 bits per heavy atom. The average Bonchev–Trinajstić information content (AvgIpc) is 3.21. The first-order chi connectivity index (χ1) is 15.0. The zero-order chi connectivity index (χ0) is 21.8. The number of benzene rings is 2. The van der Waals surface area contributed by atoms with Crippen molar-refractivity contribution in [3.8, 4) is 11.3 Å². The van der Waals surface area contributed by atoms with Crippen LogP contribution in [0.1, 0.15) is 47.9 Å². The number of nitrogens with zero attached hydrogens (tertiary/aromatic N) is 1. The fourth-order valence-corrected chi connectivity index (χ4v) is 3.95. The number of amides is 2. The number of carbonyl (C=O) groups is 2. The summed E-state index contributed by atoms with van der Waals surface area (Å²) in [5.74, 6) is 1.64. The zero-order valence-electron chi connectivity index (χ0n) is 17.5. The van der Waals surface area contributed by atoms with E-state index in [1.54, 1.807) is 17.0 Å². The third-order valence-electron chi connectivity index (χ3n) is 5.47. The van der Waals surface area contributed by atoms with E-state index in [-0.39, 0.29) is 11.8 Å². The largest absolute Gasteiger partial charge is 0.461 e. The first-order valence-corrected chi connectivity index (χ1v) is 11.0. The highest BCUT2D eigenvalue weighted by Crippen LogP contribution is 2.31. The van der Waals surface area contributed by atoms with Crippen molar-refractivity contribution in [2.75, 3.05) is 11.9 Å². The van der Waals surface area contributed by atoms with E-state index in [1.807, 2.05) is 42.5 Å². The van der Waals surface area contributed by atoms with Crippen molar-refractivity contribution >= 4 is 29.1 Å². The number of halogens is 1. The Hall–Kier alpha value is -3.05. The summed E-state index contributed by atoms with van der Waals surface area (Å²) in [5.41, 5.74) is 3.24. The van der Waals surface area contributed by atoms with Gasteiger partial charge in [-0.15, -0.1) is 0 Å². The maximum absolute atomic E-state index is 12.9. The summed E-state index contributed by atoms with van der Waals surface area (Å²) in [6, 6.07) is 16.8. The molecule has 0 saturated heterocycles. The SMILES string of the molecule is CCCCC(=O)Nc1ccc(-c2cc3c(o2)CCN(C(=O)c2ccccc2Cl)C3)cc1. The minimum absolute atomic E-state index is 0.0336. The van der Waals surface area contributed by atoms with Crippen LogP contribution in [0.5, 0.6) is 0 Å². The van der Waals surface area contributed by atoms with Gasteiger partial charge in [0.25, 0.3) is 5.91 Å². The van der Waals surface area contributed by atoms with Gasteiger partial charge in [0, 0.05) is 42.7 Å². The number of anilines is 1. The van der Waals surface area contributed by atoms with E-state index in [0.29, 0.717) is 36.5 Å². The van der Waals surface area contributed by atoms with Gasteiger partial charge in [0.2, 0.25) is 5.91 Å². The number of carbonyl (C=O) groups excluding carboxylic acids is 2. The van der Waals surface area contributed by atoms with Gasteiger partial charge in [-0.25, -0.2) is 0 Å². The summed E-state index contributed by atoms with van der Waals surface area (Å²) in [7, 11) is 0. The molecule has 0 bridgehead atoms. The highest BCUT2D eigenvalue weighted by atomic mass is 35.5. The van der Waals surface area contributed by atoms with E-state index in [0.717, 1.165) is 41.2 Å². The molecule has 0 fully saturated rings. The van der Waals surface area contributed by atoms with Gasteiger partial charge in [0.15, 0.2) is 0 Å². The summed E-state index contributed by atoms with van der Waals surface area (Å²) < 4.78 is 6.07. The monoisotopic (exact) mass is 436 g/mol. The molecule has 0 aliphatic carbocycles. The molecule has 4 rings (SSSR count). The Bertz CT molecular complexity index is 1090. The molecule has 0 saturated carbocycles. The number of unbranched alkanes of at least 4 members (excludes halogenated alkanes) is 1. The second-order valence-corrected chi connectivity index (χ2v) is 8.15. The molecule has 1 aliphatic rings. The maximum Gasteiger partial charge on any atom is 0.255 e. The van der Waals surface area contributed by atoms with E-state index >= 15 is 0 Å². The molecule has 0 spiro atoms. The Labute approximate surface area is 187 Å². The van der Waals surface area contributed by atoms with Gasteiger partial charge < -0.3 is 14.6 Å². The highest BCUT2D eigenvalue weighted by molar-refractivity contribution is 6.33. The van der Waals surface area contributed by atoms with Crippen LogP contribution in [0.15, 0.2) is 59.0 Å². The molecule has 1 N–H and O–H groups in total. The van der Waals surface area contributed by atoms with Crippen molar-refractivity contribution in [2.45, 2.75) is 39.2 Å². The molecule has 2 amide bonds. The summed E-state index contributed by atoms with van der Waals surface area (Å²) in [6.07, 6.45) is 3.08. The van der Waals surface area contributed by atoms with Crippen LogP contribution in [0, 0.1) is 0 Å². The second kappa shape index (κ2) is 9.40. The van der Waals surface area contributed by atoms with Gasteiger partial charge in [0.1, 0.15) is 11.5 Å². The third-order valence-corrected chi connectivity index (χ3v) is 5.80. The molecule has 5 nitrogen and oxygen atoms in total. The summed E-state index contributed by atoms with van der Waals surface area (Å²) in [5, 5.41) is 3.38. The number of hydrogen-bond acceptors (Lipinski definition) is 3. The fraction of sp³-hybridized carbons (Fsp3) is 0.280. The topological polar surface area (TPSA) is 62.6 Å². The van der Waals surface area contributed by atoms with Crippen LogP contribution in [0.25, 0.3) is 11.3 Å². The smallest absolute Gasteiger partial charge is 0.255 e. The van der Waals surface area contributed by atoms with Gasteiger partial charge in [-0.05, 0) is 48.9 Å². The predicted molar refractivity (Wildman–Crippen MR) is 122 cm³/mol. The van der Waals surface area contributed by atoms with Crippen molar-refractivity contribution in [2.24, 2.45) is 0 Å². The minimum atomic E-state index is -0.0674. The normalized spacial score (nSPS) is 13.0. The second-order valence-electron chi connectivity index (χ2n) is 7.74. The molecule has 1 aliphatic heterocycles. The van der Waals surface area contributed by atoms with E-state index in [4.69, 9.17) is 16.0 Å². The van der Waals surface area contributed by atoms with Gasteiger partial charge in [-0.2, -0.15) is 0 Å². The summed E-state index contributed by atoms with van der Waals surface area (Å²) >= 11 is 6.20. The molecule has 1 aromatic heterocycles. The van der Waals surface area contributed by atoms with Crippen molar-refractivity contribution in [1.29, 1.82) is 0 Å². The lowest BCUT2D eigenvalue weighted by atomic mass is 10.1. The highest BCUT2D eigenvalue weighted by Gasteiger charge is 2.26. The van der Waals surface area contributed by atoms with Crippen LogP contribution in [0.2, 0.25) is 5.02 Å². The van der Waals surface area contributed by atoms with Crippen LogP contribution in [-0.2, 0) is 17.8 Å². The van der Waals surface area contributed by atoms with Crippen LogP contribution < -0.4 is 5.32 Å². The maximum atomic E-state index is 12.9. The molecular weight excluding hydrogens is 412 g/mol. The lowest BCUT2D eigenvalue weighted by molar-refractivity contribution is -0.116. The van der Waals surface area contributed by atoms with Crippen LogP contribution in [0.4, 0.5) is 5.69 Å². The molecule has 6 heteroatoms. The molecule has 2 aromatic carbocycles. The minimum Gasteiger partial charge on any atom is -0.461 e. The molecule has 0 atom stereocenters. The van der Waals surface area contributed by atoms with Gasteiger partial charge in [-0.3, -0.25) is 9.59 Å². The van der Waals surface area contributed by atoms with E-state index in [9.17, 15) is 9.59 Å². The number of nitrogens with one attached hydrogen (secondary N) is 1. The Morgan fingerprint density at radius 2 is 1.90 bits per heavy atom. The lowest BCUT2D eigenvalue weighted by Crippen LogP contribution is -2.35. The summed E-state index contributed by atoms with van der Waals surface area (Å²) in [4.78, 5) is 26.6. The number of fused-ring (bicyclic) bond motifs is 1. The first-order valence-electron chi connectivity index (χ1n) is 10.6. The quantitative estimate of drug-likeness (QED) is 0.521. The molecule has 31 heavy (non-hydrogen) atoms. The molecule has 3 aromatic rings. The number of rotatable bonds is 6. The third kappa shape index (κ3) is 4.83. The first kappa shape index (κ1) is 21.2. The molecule has 0 radical (unpaired) electrons. The lowest BCUT2D eigenvalue weighted by Gasteiger charge is -2.26. The van der Waals surface area contributed by atoms with Crippen LogP contribution in [0.3, 0.4) is 0 Å². The standard InChI is InChI=1S/C25H25ClN2O3/c1-2-3-8-24(29)27-19-11-9-17(10-12-19)23-15-18-16-28(14-13-22(18)31-23)25(30)20-6-4-5-7-21(20)26/h4-7,9-12,15H,2-3,8,13-14,16H2,1H3,(H,27,29). The molecule has 2 heterocycles. The Balaban J connectivity index is 1.45. The van der Waals surface area contributed by atoms with Crippen molar-refractivity contribution in [1.82, 2.24) is 4.90 Å². The molecular formula is C25H25ClN2O3.